The van der Waals surface area contributed by atoms with Crippen LogP contribution in [0.3, 0.4) is 0 Å². The molecule has 2 aliphatic rings. The van der Waals surface area contributed by atoms with Crippen molar-refractivity contribution in [3.63, 3.8) is 0 Å². The Bertz CT molecular complexity index is 1360. The van der Waals surface area contributed by atoms with Crippen molar-refractivity contribution < 1.29 is 24.2 Å². The largest absolute Gasteiger partial charge is 0.507 e. The maximum Gasteiger partial charge on any atom is 0.295 e. The number of carbonyl (C=O) groups is 2. The van der Waals surface area contributed by atoms with Gasteiger partial charge in [-0.2, -0.15) is 0 Å². The predicted molar refractivity (Wildman–Crippen MR) is 148 cm³/mol. The van der Waals surface area contributed by atoms with Crippen LogP contribution in [0.2, 0.25) is 0 Å². The van der Waals surface area contributed by atoms with Crippen molar-refractivity contribution in [1.29, 1.82) is 0 Å². The molecule has 2 aliphatic heterocycles. The lowest BCUT2D eigenvalue weighted by Gasteiger charge is -2.26. The molecule has 3 aromatic rings. The molecule has 3 heterocycles. The van der Waals surface area contributed by atoms with E-state index in [1.54, 1.807) is 23.5 Å². The first-order valence-electron chi connectivity index (χ1n) is 13.7. The van der Waals surface area contributed by atoms with Crippen molar-refractivity contribution in [3.05, 3.63) is 83.4 Å². The summed E-state index contributed by atoms with van der Waals surface area (Å²) in [6, 6.07) is 12.2. The van der Waals surface area contributed by atoms with E-state index in [0.717, 1.165) is 42.6 Å². The van der Waals surface area contributed by atoms with Crippen LogP contribution in [0.4, 0.5) is 0 Å². The quantitative estimate of drug-likeness (QED) is 0.157. The normalized spacial score (nSPS) is 19.8. The van der Waals surface area contributed by atoms with Gasteiger partial charge in [0, 0.05) is 37.5 Å². The van der Waals surface area contributed by atoms with Crippen LogP contribution >= 0.6 is 0 Å². The van der Waals surface area contributed by atoms with Gasteiger partial charge in [0.1, 0.15) is 23.4 Å². The fourth-order valence-corrected chi connectivity index (χ4v) is 5.34. The predicted octanol–water partition coefficient (Wildman–Crippen LogP) is 5.29. The van der Waals surface area contributed by atoms with Gasteiger partial charge in [-0.05, 0) is 61.2 Å². The Morgan fingerprint density at radius 3 is 2.79 bits per heavy atom. The number of amides is 1. The number of aromatic nitrogens is 2. The van der Waals surface area contributed by atoms with Crippen molar-refractivity contribution >= 4 is 17.4 Å². The molecule has 204 valence electrons. The summed E-state index contributed by atoms with van der Waals surface area (Å²) in [4.78, 5) is 32.4. The van der Waals surface area contributed by atoms with Gasteiger partial charge >= 0.3 is 0 Å². The summed E-state index contributed by atoms with van der Waals surface area (Å²) in [7, 11) is 0. The molecule has 8 heteroatoms. The number of nitrogens with zero attached hydrogens (tertiary/aromatic N) is 3. The zero-order valence-corrected chi connectivity index (χ0v) is 22.5. The van der Waals surface area contributed by atoms with E-state index in [0.29, 0.717) is 37.4 Å². The van der Waals surface area contributed by atoms with Gasteiger partial charge in [0.05, 0.1) is 24.5 Å². The van der Waals surface area contributed by atoms with E-state index in [1.807, 2.05) is 54.1 Å². The minimum absolute atomic E-state index is 0.0542. The number of hydrogen-bond acceptors (Lipinski definition) is 6. The number of fused-ring (bicyclic) bond motifs is 1. The van der Waals surface area contributed by atoms with E-state index in [1.165, 1.54) is 0 Å². The Kier molecular flexibility index (Phi) is 8.00. The van der Waals surface area contributed by atoms with E-state index < -0.39 is 17.7 Å². The average Bonchev–Trinajstić information content (AvgIpc) is 3.65. The number of aliphatic hydroxyl groups excluding tert-OH is 1. The highest BCUT2D eigenvalue weighted by atomic mass is 16.5. The summed E-state index contributed by atoms with van der Waals surface area (Å²) in [5, 5.41) is 11.5. The number of benzene rings is 2. The molecule has 0 bridgehead atoms. The van der Waals surface area contributed by atoms with E-state index in [9.17, 15) is 14.7 Å². The lowest BCUT2D eigenvalue weighted by atomic mass is 9.94. The third kappa shape index (κ3) is 5.70. The minimum Gasteiger partial charge on any atom is -0.507 e. The summed E-state index contributed by atoms with van der Waals surface area (Å²) >= 11 is 0. The van der Waals surface area contributed by atoms with Crippen molar-refractivity contribution in [2.24, 2.45) is 0 Å². The zero-order chi connectivity index (χ0) is 27.4. The zero-order valence-electron chi connectivity index (χ0n) is 22.5. The summed E-state index contributed by atoms with van der Waals surface area (Å²) in [5.74, 6) is -0.00842. The highest BCUT2D eigenvalue weighted by Crippen LogP contribution is 2.41. The topological polar surface area (TPSA) is 93.9 Å². The molecular weight excluding hydrogens is 494 g/mol. The van der Waals surface area contributed by atoms with Crippen LogP contribution in [0, 0.1) is 0 Å². The highest BCUT2D eigenvalue weighted by Gasteiger charge is 2.46. The van der Waals surface area contributed by atoms with Crippen LogP contribution in [0.25, 0.3) is 5.76 Å². The number of imidazole rings is 1. The molecular formula is C31H35N3O5. The third-order valence-electron chi connectivity index (χ3n) is 7.27. The monoisotopic (exact) mass is 529 g/mol. The molecule has 0 saturated carbocycles. The molecule has 0 spiro atoms. The van der Waals surface area contributed by atoms with Crippen LogP contribution in [-0.2, 0) is 22.6 Å². The van der Waals surface area contributed by atoms with E-state index >= 15 is 0 Å². The van der Waals surface area contributed by atoms with Crippen molar-refractivity contribution in [2.45, 2.75) is 64.6 Å². The van der Waals surface area contributed by atoms with Crippen LogP contribution in [-0.4, -0.2) is 50.5 Å². The highest BCUT2D eigenvalue weighted by molar-refractivity contribution is 6.46. The molecule has 0 aliphatic carbocycles. The van der Waals surface area contributed by atoms with E-state index in [2.05, 4.69) is 11.9 Å². The second-order valence-corrected chi connectivity index (χ2v) is 10.2. The minimum atomic E-state index is -0.726. The van der Waals surface area contributed by atoms with Crippen molar-refractivity contribution in [2.75, 3.05) is 13.2 Å². The van der Waals surface area contributed by atoms with Crippen molar-refractivity contribution in [1.82, 2.24) is 14.5 Å². The Morgan fingerprint density at radius 1 is 1.13 bits per heavy atom. The van der Waals surface area contributed by atoms with Gasteiger partial charge in [-0.3, -0.25) is 9.59 Å². The number of carbonyl (C=O) groups excluding carboxylic acids is 2. The number of rotatable bonds is 11. The number of ketones is 1. The molecule has 39 heavy (non-hydrogen) atoms. The number of Topliss-reactive ketones (excluding diaryl/α,β-unsaturated/α-hetero) is 1. The first kappa shape index (κ1) is 26.5. The van der Waals surface area contributed by atoms with Gasteiger partial charge in [-0.1, -0.05) is 31.9 Å². The van der Waals surface area contributed by atoms with Gasteiger partial charge in [-0.15, -0.1) is 0 Å². The van der Waals surface area contributed by atoms with Crippen molar-refractivity contribution in [3.8, 4) is 11.5 Å². The molecule has 2 atom stereocenters. The fraction of sp³-hybridized carbons (Fsp3) is 0.387. The Balaban J connectivity index is 1.49. The Labute approximate surface area is 228 Å². The van der Waals surface area contributed by atoms with E-state index in [-0.39, 0.29) is 17.4 Å². The maximum absolute atomic E-state index is 13.4. The lowest BCUT2D eigenvalue weighted by molar-refractivity contribution is -0.139. The Hall–Kier alpha value is -4.07. The SMILES string of the molecule is CCCCCOc1cccc(C2/C(=C(\O)c3ccc4c(c3)CC(C)O4)C(=O)C(=O)N2CCCn2ccnc2)c1. The summed E-state index contributed by atoms with van der Waals surface area (Å²) < 4.78 is 13.7. The van der Waals surface area contributed by atoms with Gasteiger partial charge < -0.3 is 24.0 Å². The smallest absolute Gasteiger partial charge is 0.295 e. The maximum atomic E-state index is 13.4. The summed E-state index contributed by atoms with van der Waals surface area (Å²) in [6.07, 6.45) is 9.84. The molecule has 1 N–H and O–H groups in total. The second kappa shape index (κ2) is 11.8. The second-order valence-electron chi connectivity index (χ2n) is 10.2. The van der Waals surface area contributed by atoms with E-state index in [4.69, 9.17) is 9.47 Å². The van der Waals surface area contributed by atoms with Gasteiger partial charge in [0.25, 0.3) is 11.7 Å². The Morgan fingerprint density at radius 2 is 2.00 bits per heavy atom. The number of aliphatic hydroxyl groups is 1. The molecule has 1 amide bonds. The first-order valence-corrected chi connectivity index (χ1v) is 13.7. The number of aryl methyl sites for hydroxylation is 1. The summed E-state index contributed by atoms with van der Waals surface area (Å²) in [6.45, 7) is 5.73. The number of hydrogen-bond donors (Lipinski definition) is 1. The number of unbranched alkanes of at least 4 members (excludes halogenated alkanes) is 2. The molecule has 2 unspecified atom stereocenters. The molecule has 1 saturated heterocycles. The van der Waals surface area contributed by atoms with Gasteiger partial charge in [0.15, 0.2) is 0 Å². The van der Waals surface area contributed by atoms with Gasteiger partial charge in [0.2, 0.25) is 0 Å². The molecule has 0 radical (unpaired) electrons. The number of likely N-dealkylation sites (tertiary alicyclic amines) is 1. The third-order valence-corrected chi connectivity index (χ3v) is 7.27. The molecule has 1 aromatic heterocycles. The van der Waals surface area contributed by atoms with Crippen LogP contribution < -0.4 is 9.47 Å². The first-order chi connectivity index (χ1) is 19.0. The standard InChI is InChI=1S/C31H35N3O5/c1-3-4-5-16-38-25-9-6-8-22(19-25)28-27(29(35)23-10-11-26-24(18-23)17-21(2)39-26)30(36)31(37)34(28)14-7-13-33-15-12-32-20-33/h6,8-12,15,18-21,28,35H,3-5,7,13-14,16-17H2,1-2H3/b29-27+. The molecule has 1 fully saturated rings. The molecule has 5 rings (SSSR count). The van der Waals surface area contributed by atoms with Gasteiger partial charge in [-0.25, -0.2) is 4.98 Å². The molecule has 8 nitrogen and oxygen atoms in total. The molecule has 2 aromatic carbocycles. The number of ether oxygens (including phenoxy) is 2. The fourth-order valence-electron chi connectivity index (χ4n) is 5.34. The lowest BCUT2D eigenvalue weighted by Crippen LogP contribution is -2.31. The average molecular weight is 530 g/mol. The van der Waals surface area contributed by atoms with Crippen LogP contribution in [0.1, 0.15) is 62.3 Å². The van der Waals surface area contributed by atoms with Crippen LogP contribution in [0.5, 0.6) is 11.5 Å². The van der Waals surface area contributed by atoms with Crippen LogP contribution in [0.15, 0.2) is 66.8 Å². The summed E-state index contributed by atoms with van der Waals surface area (Å²) in [5.41, 5.74) is 2.29.